The molecule has 1 heterocycles. The monoisotopic (exact) mass is 491 g/mol. The highest BCUT2D eigenvalue weighted by molar-refractivity contribution is 7.09. The Labute approximate surface area is 206 Å². The molecule has 2 unspecified atom stereocenters. The number of carbonyl (C=O) groups excluding carboxylic acids is 2. The van der Waals surface area contributed by atoms with Crippen LogP contribution in [0.2, 0.25) is 0 Å². The summed E-state index contributed by atoms with van der Waals surface area (Å²) in [5.41, 5.74) is 6.00. The minimum atomic E-state index is -1.18. The van der Waals surface area contributed by atoms with Crippen molar-refractivity contribution >= 4 is 29.3 Å². The Morgan fingerprint density at radius 2 is 1.71 bits per heavy atom. The molecule has 3 aromatic rings. The molecule has 3 N–H and O–H groups in total. The highest BCUT2D eigenvalue weighted by Crippen LogP contribution is 2.44. The lowest BCUT2D eigenvalue weighted by Gasteiger charge is -2.21. The van der Waals surface area contributed by atoms with E-state index in [1.807, 2.05) is 48.5 Å². The summed E-state index contributed by atoms with van der Waals surface area (Å²) in [6.07, 6.45) is 2.46. The van der Waals surface area contributed by atoms with Gasteiger partial charge in [-0.3, -0.25) is 9.78 Å². The molecule has 0 spiro atoms. The van der Waals surface area contributed by atoms with E-state index in [1.54, 1.807) is 11.7 Å². The number of nitrogens with zero attached hydrogens (tertiary/aromatic N) is 1. The van der Waals surface area contributed by atoms with Gasteiger partial charge in [0.2, 0.25) is 5.91 Å². The first-order valence-corrected chi connectivity index (χ1v) is 12.0. The third-order valence-electron chi connectivity index (χ3n) is 5.86. The van der Waals surface area contributed by atoms with Gasteiger partial charge >= 0.3 is 12.1 Å². The van der Waals surface area contributed by atoms with E-state index < -0.39 is 30.1 Å². The lowest BCUT2D eigenvalue weighted by molar-refractivity contribution is -0.142. The summed E-state index contributed by atoms with van der Waals surface area (Å²) >= 11 is 1.33. The molecule has 8 nitrogen and oxygen atoms in total. The molecule has 0 aliphatic heterocycles. The van der Waals surface area contributed by atoms with Gasteiger partial charge in [0.25, 0.3) is 0 Å². The Bertz CT molecular complexity index is 1180. The predicted molar refractivity (Wildman–Crippen MR) is 132 cm³/mol. The number of carbonyl (C=O) groups is 3. The molecular weight excluding hydrogens is 466 g/mol. The third-order valence-corrected chi connectivity index (χ3v) is 6.66. The van der Waals surface area contributed by atoms with Crippen LogP contribution in [-0.4, -0.2) is 46.8 Å². The number of amides is 2. The number of fused-ring (bicyclic) bond motifs is 3. The maximum atomic E-state index is 12.9. The van der Waals surface area contributed by atoms with E-state index in [2.05, 4.69) is 22.2 Å². The molecular formula is C26H25N3O5S. The number of ether oxygens (including phenoxy) is 1. The molecule has 0 saturated heterocycles. The van der Waals surface area contributed by atoms with Gasteiger partial charge in [0.1, 0.15) is 18.7 Å². The zero-order valence-electron chi connectivity index (χ0n) is 18.8. The Hall–Kier alpha value is -3.98. The second-order valence-corrected chi connectivity index (χ2v) is 9.09. The molecule has 9 heteroatoms. The van der Waals surface area contributed by atoms with Crippen LogP contribution in [0, 0.1) is 0 Å². The second kappa shape index (κ2) is 11.0. The van der Waals surface area contributed by atoms with Gasteiger partial charge in [-0.2, -0.15) is 0 Å². The van der Waals surface area contributed by atoms with Crippen molar-refractivity contribution in [1.82, 2.24) is 15.6 Å². The number of carboxylic acid groups (broad SMARTS) is 1. The second-order valence-electron chi connectivity index (χ2n) is 8.12. The number of aliphatic carboxylic acids is 1. The largest absolute Gasteiger partial charge is 0.480 e. The van der Waals surface area contributed by atoms with E-state index in [1.165, 1.54) is 17.4 Å². The van der Waals surface area contributed by atoms with Crippen molar-refractivity contribution in [3.8, 4) is 11.1 Å². The van der Waals surface area contributed by atoms with Crippen molar-refractivity contribution in [2.24, 2.45) is 0 Å². The molecule has 2 atom stereocenters. The molecule has 1 aliphatic carbocycles. The fraction of sp³-hybridized carbons (Fsp3) is 0.231. The summed E-state index contributed by atoms with van der Waals surface area (Å²) in [6, 6.07) is 13.8. The van der Waals surface area contributed by atoms with Crippen molar-refractivity contribution in [1.29, 1.82) is 0 Å². The minimum Gasteiger partial charge on any atom is -0.480 e. The van der Waals surface area contributed by atoms with E-state index in [4.69, 9.17) is 4.74 Å². The molecule has 0 radical (unpaired) electrons. The van der Waals surface area contributed by atoms with E-state index >= 15 is 0 Å². The fourth-order valence-electron chi connectivity index (χ4n) is 4.20. The summed E-state index contributed by atoms with van der Waals surface area (Å²) in [5, 5.41) is 14.4. The Balaban J connectivity index is 1.45. The molecule has 1 aromatic heterocycles. The van der Waals surface area contributed by atoms with Gasteiger partial charge in [-0.25, -0.2) is 9.59 Å². The molecule has 2 amide bonds. The summed E-state index contributed by atoms with van der Waals surface area (Å²) in [4.78, 5) is 41.9. The van der Waals surface area contributed by atoms with Crippen LogP contribution in [0.1, 0.15) is 28.3 Å². The Morgan fingerprint density at radius 3 is 2.29 bits per heavy atom. The fourth-order valence-corrected chi connectivity index (χ4v) is 4.84. The molecule has 0 bridgehead atoms. The SMILES string of the molecule is C=CCC(NC(=O)C(Cc1cncs1)NC(=O)OCC1c2ccccc2-c2ccccc21)C(=O)O. The number of alkyl carbamates (subject to hydrolysis) is 1. The lowest BCUT2D eigenvalue weighted by atomic mass is 9.98. The molecule has 0 saturated carbocycles. The van der Waals surface area contributed by atoms with Gasteiger partial charge in [-0.15, -0.1) is 17.9 Å². The van der Waals surface area contributed by atoms with Gasteiger partial charge < -0.3 is 20.5 Å². The van der Waals surface area contributed by atoms with Gasteiger partial charge in [0, 0.05) is 23.4 Å². The van der Waals surface area contributed by atoms with Crippen molar-refractivity contribution in [3.05, 3.63) is 88.9 Å². The number of hydrogen-bond acceptors (Lipinski definition) is 6. The van der Waals surface area contributed by atoms with E-state index in [0.29, 0.717) is 0 Å². The smallest absolute Gasteiger partial charge is 0.407 e. The van der Waals surface area contributed by atoms with Crippen LogP contribution >= 0.6 is 11.3 Å². The Kier molecular flexibility index (Phi) is 7.57. The summed E-state index contributed by atoms with van der Waals surface area (Å²) < 4.78 is 5.56. The third kappa shape index (κ3) is 5.58. The topological polar surface area (TPSA) is 118 Å². The van der Waals surface area contributed by atoms with Crippen LogP contribution in [0.4, 0.5) is 4.79 Å². The van der Waals surface area contributed by atoms with Crippen LogP contribution in [0.15, 0.2) is 72.9 Å². The van der Waals surface area contributed by atoms with Crippen molar-refractivity contribution in [2.75, 3.05) is 6.61 Å². The number of thiazole rings is 1. The van der Waals surface area contributed by atoms with Gasteiger partial charge in [0.15, 0.2) is 0 Å². The number of carboxylic acids is 1. The minimum absolute atomic E-state index is 0.0549. The molecule has 0 fully saturated rings. The van der Waals surface area contributed by atoms with E-state index in [-0.39, 0.29) is 25.4 Å². The van der Waals surface area contributed by atoms with E-state index in [0.717, 1.165) is 27.1 Å². The van der Waals surface area contributed by atoms with Crippen LogP contribution in [0.25, 0.3) is 11.1 Å². The summed E-state index contributed by atoms with van der Waals surface area (Å²) in [5.74, 6) is -1.93. The Morgan fingerprint density at radius 1 is 1.06 bits per heavy atom. The van der Waals surface area contributed by atoms with Crippen molar-refractivity contribution in [3.63, 3.8) is 0 Å². The number of benzene rings is 2. The number of hydrogen-bond donors (Lipinski definition) is 3. The summed E-state index contributed by atoms with van der Waals surface area (Å²) in [6.45, 7) is 3.63. The normalized spacial score (nSPS) is 13.7. The molecule has 4 rings (SSSR count). The first-order chi connectivity index (χ1) is 17.0. The van der Waals surface area contributed by atoms with E-state index in [9.17, 15) is 19.5 Å². The first kappa shape index (κ1) is 24.2. The number of nitrogens with one attached hydrogen (secondary N) is 2. The summed E-state index contributed by atoms with van der Waals surface area (Å²) in [7, 11) is 0. The maximum absolute atomic E-state index is 12.9. The predicted octanol–water partition coefficient (Wildman–Crippen LogP) is 3.74. The van der Waals surface area contributed by atoms with Crippen molar-refractivity contribution < 1.29 is 24.2 Å². The first-order valence-electron chi connectivity index (χ1n) is 11.1. The maximum Gasteiger partial charge on any atom is 0.407 e. The zero-order chi connectivity index (χ0) is 24.8. The van der Waals surface area contributed by atoms with Gasteiger partial charge in [-0.05, 0) is 28.7 Å². The highest BCUT2D eigenvalue weighted by atomic mass is 32.1. The van der Waals surface area contributed by atoms with Gasteiger partial charge in [0.05, 0.1) is 5.51 Å². The van der Waals surface area contributed by atoms with Gasteiger partial charge in [-0.1, -0.05) is 54.6 Å². The van der Waals surface area contributed by atoms with Crippen LogP contribution in [0.5, 0.6) is 0 Å². The van der Waals surface area contributed by atoms with Crippen LogP contribution in [0.3, 0.4) is 0 Å². The molecule has 180 valence electrons. The highest BCUT2D eigenvalue weighted by Gasteiger charge is 2.30. The van der Waals surface area contributed by atoms with Crippen LogP contribution in [-0.2, 0) is 20.7 Å². The number of aromatic nitrogens is 1. The molecule has 2 aromatic carbocycles. The standard InChI is InChI=1S/C26H25N3O5S/c1-2-7-22(25(31)32)28-24(30)23(12-16-13-27-15-35-16)29-26(33)34-14-21-19-10-5-3-8-17(19)18-9-4-6-11-20(18)21/h2-6,8-11,13,15,21-23H,1,7,12,14H2,(H,28,30)(H,29,33)(H,31,32). The molecule has 1 aliphatic rings. The van der Waals surface area contributed by atoms with Crippen molar-refractivity contribution in [2.45, 2.75) is 30.8 Å². The number of rotatable bonds is 10. The average Bonchev–Trinajstić information content (AvgIpc) is 3.48. The molecule has 35 heavy (non-hydrogen) atoms. The average molecular weight is 492 g/mol. The van der Waals surface area contributed by atoms with Crippen LogP contribution < -0.4 is 10.6 Å². The quantitative estimate of drug-likeness (QED) is 0.372. The zero-order valence-corrected chi connectivity index (χ0v) is 19.7. The lowest BCUT2D eigenvalue weighted by Crippen LogP contribution is -2.52.